The molecule has 0 radical (unpaired) electrons. The fraction of sp³-hybridized carbons (Fsp3) is 0.0588. The molecule has 3 aromatic carbocycles. The van der Waals surface area contributed by atoms with Gasteiger partial charge in [0.05, 0.1) is 6.61 Å². The van der Waals surface area contributed by atoms with E-state index in [4.69, 9.17) is 4.18 Å². The summed E-state index contributed by atoms with van der Waals surface area (Å²) in [7, 11) is -3.91. The van der Waals surface area contributed by atoms with Gasteiger partial charge in [0.15, 0.2) is 0 Å². The van der Waals surface area contributed by atoms with Crippen LogP contribution in [-0.4, -0.2) is 13.5 Å². The molecule has 0 unspecified atom stereocenters. The van der Waals surface area contributed by atoms with Crippen LogP contribution >= 0.6 is 0 Å². The maximum absolute atomic E-state index is 12.4. The normalized spacial score (nSPS) is 11.6. The molecule has 0 aromatic heterocycles. The molecular formula is C17H14O4S. The van der Waals surface area contributed by atoms with Crippen molar-refractivity contribution in [1.82, 2.24) is 0 Å². The predicted molar refractivity (Wildman–Crippen MR) is 84.0 cm³/mol. The molecule has 0 atom stereocenters. The molecule has 4 nitrogen and oxygen atoms in total. The number of aromatic hydroxyl groups is 1. The standard InChI is InChI=1S/C17H14O4S/c18-16-10-4-9-15-14(16)8-5-11-17(15)22(19,20)21-12-13-6-2-1-3-7-13/h1-11,18H,12H2. The first-order valence-electron chi connectivity index (χ1n) is 6.72. The summed E-state index contributed by atoms with van der Waals surface area (Å²) in [6.45, 7) is -0.0294. The van der Waals surface area contributed by atoms with Crippen molar-refractivity contribution in [3.8, 4) is 5.75 Å². The second-order valence-electron chi connectivity index (χ2n) is 4.83. The number of phenolic OH excluding ortho intramolecular Hbond substituents is 1. The molecule has 0 heterocycles. The fourth-order valence-electron chi connectivity index (χ4n) is 2.27. The monoisotopic (exact) mass is 314 g/mol. The van der Waals surface area contributed by atoms with Crippen LogP contribution in [0.3, 0.4) is 0 Å². The summed E-state index contributed by atoms with van der Waals surface area (Å²) < 4.78 is 30.0. The van der Waals surface area contributed by atoms with E-state index in [0.717, 1.165) is 5.56 Å². The van der Waals surface area contributed by atoms with Gasteiger partial charge in [-0.1, -0.05) is 54.6 Å². The lowest BCUT2D eigenvalue weighted by atomic mass is 10.1. The Balaban J connectivity index is 1.97. The third-order valence-electron chi connectivity index (χ3n) is 3.35. The molecule has 0 saturated heterocycles. The van der Waals surface area contributed by atoms with Crippen LogP contribution in [-0.2, 0) is 20.9 Å². The van der Waals surface area contributed by atoms with E-state index in [1.54, 1.807) is 36.4 Å². The molecule has 0 aliphatic carbocycles. The highest BCUT2D eigenvalue weighted by molar-refractivity contribution is 7.87. The van der Waals surface area contributed by atoms with Gasteiger partial charge in [-0.15, -0.1) is 0 Å². The van der Waals surface area contributed by atoms with E-state index in [-0.39, 0.29) is 17.3 Å². The number of hydrogen-bond acceptors (Lipinski definition) is 4. The number of rotatable bonds is 4. The Morgan fingerprint density at radius 1 is 0.818 bits per heavy atom. The molecule has 3 aromatic rings. The summed E-state index contributed by atoms with van der Waals surface area (Å²) in [6.07, 6.45) is 0. The smallest absolute Gasteiger partial charge is 0.297 e. The van der Waals surface area contributed by atoms with Gasteiger partial charge in [0, 0.05) is 10.8 Å². The van der Waals surface area contributed by atoms with Gasteiger partial charge in [-0.3, -0.25) is 4.18 Å². The highest BCUT2D eigenvalue weighted by Crippen LogP contribution is 2.30. The van der Waals surface area contributed by atoms with E-state index in [9.17, 15) is 13.5 Å². The zero-order valence-electron chi connectivity index (χ0n) is 11.6. The zero-order valence-corrected chi connectivity index (χ0v) is 12.5. The first-order chi connectivity index (χ1) is 10.6. The van der Waals surface area contributed by atoms with Crippen molar-refractivity contribution in [3.05, 3.63) is 72.3 Å². The highest BCUT2D eigenvalue weighted by Gasteiger charge is 2.19. The van der Waals surface area contributed by atoms with E-state index >= 15 is 0 Å². The van der Waals surface area contributed by atoms with Gasteiger partial charge >= 0.3 is 0 Å². The maximum Gasteiger partial charge on any atom is 0.297 e. The molecule has 112 valence electrons. The minimum atomic E-state index is -3.91. The van der Waals surface area contributed by atoms with Crippen LogP contribution in [0.15, 0.2) is 71.6 Å². The van der Waals surface area contributed by atoms with Crippen LogP contribution in [0.25, 0.3) is 10.8 Å². The van der Waals surface area contributed by atoms with E-state index < -0.39 is 10.1 Å². The van der Waals surface area contributed by atoms with Crippen molar-refractivity contribution in [1.29, 1.82) is 0 Å². The summed E-state index contributed by atoms with van der Waals surface area (Å²) in [5.41, 5.74) is 0.772. The van der Waals surface area contributed by atoms with Crippen LogP contribution in [0, 0.1) is 0 Å². The molecule has 0 fully saturated rings. The summed E-state index contributed by atoms with van der Waals surface area (Å²) in [6, 6.07) is 18.6. The lowest BCUT2D eigenvalue weighted by molar-refractivity contribution is 0.308. The van der Waals surface area contributed by atoms with Crippen LogP contribution in [0.4, 0.5) is 0 Å². The van der Waals surface area contributed by atoms with E-state index in [0.29, 0.717) is 10.8 Å². The lowest BCUT2D eigenvalue weighted by Gasteiger charge is -2.09. The third kappa shape index (κ3) is 2.81. The number of benzene rings is 3. The second kappa shape index (κ2) is 5.79. The summed E-state index contributed by atoms with van der Waals surface area (Å²) >= 11 is 0. The summed E-state index contributed by atoms with van der Waals surface area (Å²) in [5.74, 6) is 0.0395. The van der Waals surface area contributed by atoms with Crippen LogP contribution in [0.5, 0.6) is 5.75 Å². The molecule has 1 N–H and O–H groups in total. The second-order valence-corrected chi connectivity index (χ2v) is 6.41. The Bertz CT molecular complexity index is 902. The Hall–Kier alpha value is -2.37. The molecule has 0 bridgehead atoms. The number of hydrogen-bond donors (Lipinski definition) is 1. The first-order valence-corrected chi connectivity index (χ1v) is 8.13. The minimum Gasteiger partial charge on any atom is -0.507 e. The molecule has 3 rings (SSSR count). The average molecular weight is 314 g/mol. The lowest BCUT2D eigenvalue weighted by Crippen LogP contribution is -2.07. The van der Waals surface area contributed by atoms with Crippen molar-refractivity contribution >= 4 is 20.9 Å². The highest BCUT2D eigenvalue weighted by atomic mass is 32.2. The molecule has 0 amide bonds. The van der Waals surface area contributed by atoms with Gasteiger partial charge in [0.2, 0.25) is 0 Å². The summed E-state index contributed by atoms with van der Waals surface area (Å²) in [4.78, 5) is 0.0526. The maximum atomic E-state index is 12.4. The van der Waals surface area contributed by atoms with Gasteiger partial charge in [-0.05, 0) is 17.7 Å². The van der Waals surface area contributed by atoms with Crippen molar-refractivity contribution in [2.24, 2.45) is 0 Å². The molecule has 0 spiro atoms. The zero-order chi connectivity index (χ0) is 15.6. The van der Waals surface area contributed by atoms with Crippen molar-refractivity contribution in [3.63, 3.8) is 0 Å². The largest absolute Gasteiger partial charge is 0.507 e. The predicted octanol–water partition coefficient (Wildman–Crippen LogP) is 3.45. The van der Waals surface area contributed by atoms with E-state index in [1.807, 2.05) is 18.2 Å². The molecule has 22 heavy (non-hydrogen) atoms. The average Bonchev–Trinajstić information content (AvgIpc) is 2.54. The first kappa shape index (κ1) is 14.6. The fourth-order valence-corrected chi connectivity index (χ4v) is 3.38. The summed E-state index contributed by atoms with van der Waals surface area (Å²) in [5, 5.41) is 10.8. The van der Waals surface area contributed by atoms with Crippen LogP contribution in [0.2, 0.25) is 0 Å². The van der Waals surface area contributed by atoms with Gasteiger partial charge in [0.1, 0.15) is 10.6 Å². The minimum absolute atomic E-state index is 0.0294. The number of fused-ring (bicyclic) bond motifs is 1. The van der Waals surface area contributed by atoms with E-state index in [1.165, 1.54) is 12.1 Å². The van der Waals surface area contributed by atoms with Crippen molar-refractivity contribution < 1.29 is 17.7 Å². The van der Waals surface area contributed by atoms with Gasteiger partial charge in [-0.25, -0.2) is 0 Å². The molecule has 0 saturated carbocycles. The van der Waals surface area contributed by atoms with Gasteiger partial charge in [0.25, 0.3) is 10.1 Å². The van der Waals surface area contributed by atoms with Crippen molar-refractivity contribution in [2.75, 3.05) is 0 Å². The SMILES string of the molecule is O=S(=O)(OCc1ccccc1)c1cccc2c(O)cccc12. The Morgan fingerprint density at radius 2 is 1.50 bits per heavy atom. The molecule has 0 aliphatic heterocycles. The van der Waals surface area contributed by atoms with E-state index in [2.05, 4.69) is 0 Å². The number of phenols is 1. The van der Waals surface area contributed by atoms with Gasteiger partial charge < -0.3 is 5.11 Å². The Labute approximate surface area is 128 Å². The molecule has 5 heteroatoms. The molecular weight excluding hydrogens is 300 g/mol. The van der Waals surface area contributed by atoms with Crippen molar-refractivity contribution in [2.45, 2.75) is 11.5 Å². The Kier molecular flexibility index (Phi) is 3.83. The Morgan fingerprint density at radius 3 is 2.27 bits per heavy atom. The topological polar surface area (TPSA) is 63.6 Å². The van der Waals surface area contributed by atoms with Crippen LogP contribution < -0.4 is 0 Å². The van der Waals surface area contributed by atoms with Crippen LogP contribution in [0.1, 0.15) is 5.56 Å². The quantitative estimate of drug-likeness (QED) is 0.749. The molecule has 0 aliphatic rings. The van der Waals surface area contributed by atoms with Gasteiger partial charge in [-0.2, -0.15) is 8.42 Å². The third-order valence-corrected chi connectivity index (χ3v) is 4.67.